The molecule has 1 aromatic heterocycles. The van der Waals surface area contributed by atoms with Gasteiger partial charge in [-0.3, -0.25) is 0 Å². The molecule has 0 saturated carbocycles. The molecule has 0 spiro atoms. The van der Waals surface area contributed by atoms with E-state index in [9.17, 15) is 9.59 Å². The zero-order valence-corrected chi connectivity index (χ0v) is 11.1. The first-order valence-corrected chi connectivity index (χ1v) is 6.06. The molecule has 0 bridgehead atoms. The minimum absolute atomic E-state index is 0.583. The summed E-state index contributed by atoms with van der Waals surface area (Å²) in [5.41, 5.74) is 1.79. The molecule has 1 rings (SSSR count). The van der Waals surface area contributed by atoms with Crippen LogP contribution in [-0.2, 0) is 9.53 Å². The van der Waals surface area contributed by atoms with Crippen LogP contribution >= 0.6 is 11.3 Å². The Morgan fingerprint density at radius 2 is 2.24 bits per heavy atom. The molecule has 1 heterocycles. The first-order chi connectivity index (χ1) is 7.83. The van der Waals surface area contributed by atoms with E-state index in [2.05, 4.69) is 10.3 Å². The van der Waals surface area contributed by atoms with Gasteiger partial charge in [0.1, 0.15) is 17.9 Å². The topological polar surface area (TPSA) is 68.3 Å². The maximum absolute atomic E-state index is 11.5. The minimum Gasteiger partial charge on any atom is -0.444 e. The van der Waals surface area contributed by atoms with Gasteiger partial charge in [0.15, 0.2) is 0 Å². The van der Waals surface area contributed by atoms with Crippen LogP contribution in [0.3, 0.4) is 0 Å². The number of hydrogen-bond acceptors (Lipinski definition) is 5. The average molecular weight is 256 g/mol. The molecule has 0 fully saturated rings. The molecule has 1 atom stereocenters. The molecular weight excluding hydrogens is 240 g/mol. The van der Waals surface area contributed by atoms with Crippen LogP contribution in [0.25, 0.3) is 0 Å². The summed E-state index contributed by atoms with van der Waals surface area (Å²) in [4.78, 5) is 27.3. The zero-order valence-electron chi connectivity index (χ0n) is 10.3. The van der Waals surface area contributed by atoms with Crippen LogP contribution in [0.4, 0.5) is 4.79 Å². The monoisotopic (exact) mass is 256 g/mol. The lowest BCUT2D eigenvalue weighted by molar-refractivity contribution is -0.109. The Morgan fingerprint density at radius 3 is 2.65 bits per heavy atom. The van der Waals surface area contributed by atoms with Crippen molar-refractivity contribution in [3.8, 4) is 0 Å². The number of nitrogens with one attached hydrogen (secondary N) is 1. The number of hydrogen-bond donors (Lipinski definition) is 1. The summed E-state index contributed by atoms with van der Waals surface area (Å²) in [6.45, 7) is 7.08. The van der Waals surface area contributed by atoms with Gasteiger partial charge in [-0.05, 0) is 27.7 Å². The Bertz CT molecular complexity index is 409. The van der Waals surface area contributed by atoms with Gasteiger partial charge in [0.2, 0.25) is 0 Å². The molecule has 94 valence electrons. The third kappa shape index (κ3) is 4.14. The SMILES string of the molecule is Cc1ncsc1C(C=O)NC(=O)OC(C)(C)C. The number of ether oxygens (including phenoxy) is 1. The van der Waals surface area contributed by atoms with Crippen molar-refractivity contribution >= 4 is 23.7 Å². The van der Waals surface area contributed by atoms with Crippen LogP contribution in [0.2, 0.25) is 0 Å². The quantitative estimate of drug-likeness (QED) is 0.842. The molecule has 0 aliphatic rings. The van der Waals surface area contributed by atoms with Crippen molar-refractivity contribution in [2.24, 2.45) is 0 Å². The van der Waals surface area contributed by atoms with Gasteiger partial charge in [-0.2, -0.15) is 0 Å². The van der Waals surface area contributed by atoms with Gasteiger partial charge in [-0.15, -0.1) is 11.3 Å². The first kappa shape index (κ1) is 13.6. The summed E-state index contributed by atoms with van der Waals surface area (Å²) >= 11 is 1.33. The number of aldehydes is 1. The Balaban J connectivity index is 2.69. The minimum atomic E-state index is -0.697. The van der Waals surface area contributed by atoms with Gasteiger partial charge in [-0.1, -0.05) is 0 Å². The fraction of sp³-hybridized carbons (Fsp3) is 0.545. The maximum atomic E-state index is 11.5. The zero-order chi connectivity index (χ0) is 13.1. The van der Waals surface area contributed by atoms with E-state index in [0.29, 0.717) is 6.29 Å². The lowest BCUT2D eigenvalue weighted by Crippen LogP contribution is -2.35. The first-order valence-electron chi connectivity index (χ1n) is 5.18. The van der Waals surface area contributed by atoms with Gasteiger partial charge < -0.3 is 14.8 Å². The summed E-state index contributed by atoms with van der Waals surface area (Å²) in [7, 11) is 0. The lowest BCUT2D eigenvalue weighted by atomic mass is 10.2. The standard InChI is InChI=1S/C11H16N2O3S/c1-7-9(17-6-12-7)8(5-14)13-10(15)16-11(2,3)4/h5-6,8H,1-4H3,(H,13,15). The van der Waals surface area contributed by atoms with Gasteiger partial charge in [0, 0.05) is 0 Å². The average Bonchev–Trinajstić information content (AvgIpc) is 2.58. The molecule has 5 nitrogen and oxygen atoms in total. The third-order valence-electron chi connectivity index (χ3n) is 1.87. The van der Waals surface area contributed by atoms with Crippen molar-refractivity contribution in [1.82, 2.24) is 10.3 Å². The molecular formula is C11H16N2O3S. The maximum Gasteiger partial charge on any atom is 0.408 e. The number of nitrogens with zero attached hydrogens (tertiary/aromatic N) is 1. The van der Waals surface area contributed by atoms with E-state index in [1.165, 1.54) is 11.3 Å². The number of carbonyl (C=O) groups is 2. The van der Waals surface area contributed by atoms with E-state index in [1.807, 2.05) is 0 Å². The second-order valence-corrected chi connectivity index (χ2v) is 5.45. The molecule has 0 saturated heterocycles. The van der Waals surface area contributed by atoms with Crippen LogP contribution in [0.5, 0.6) is 0 Å². The van der Waals surface area contributed by atoms with Gasteiger partial charge >= 0.3 is 6.09 Å². The highest BCUT2D eigenvalue weighted by molar-refractivity contribution is 7.10. The second kappa shape index (κ2) is 5.27. The predicted octanol–water partition coefficient (Wildman–Crippen LogP) is 2.22. The molecule has 0 aliphatic carbocycles. The Labute approximate surface area is 104 Å². The highest BCUT2D eigenvalue weighted by Gasteiger charge is 2.22. The molecule has 0 aromatic carbocycles. The number of rotatable bonds is 3. The summed E-state index contributed by atoms with van der Waals surface area (Å²) in [5.74, 6) is 0. The molecule has 0 aliphatic heterocycles. The predicted molar refractivity (Wildman–Crippen MR) is 65.0 cm³/mol. The number of carbonyl (C=O) groups excluding carboxylic acids is 2. The summed E-state index contributed by atoms with van der Waals surface area (Å²) in [6.07, 6.45) is 0.0622. The number of thiazole rings is 1. The van der Waals surface area contributed by atoms with E-state index < -0.39 is 17.7 Å². The third-order valence-corrected chi connectivity index (χ3v) is 2.89. The Kier molecular flexibility index (Phi) is 4.22. The molecule has 6 heteroatoms. The van der Waals surface area contributed by atoms with Gasteiger partial charge in [0.25, 0.3) is 0 Å². The van der Waals surface area contributed by atoms with Crippen LogP contribution in [0, 0.1) is 6.92 Å². The van der Waals surface area contributed by atoms with Crippen molar-refractivity contribution in [3.63, 3.8) is 0 Å². The highest BCUT2D eigenvalue weighted by atomic mass is 32.1. The van der Waals surface area contributed by atoms with E-state index in [4.69, 9.17) is 4.74 Å². The smallest absolute Gasteiger partial charge is 0.408 e. The van der Waals surface area contributed by atoms with Crippen molar-refractivity contribution in [3.05, 3.63) is 16.1 Å². The van der Waals surface area contributed by atoms with Crippen LogP contribution in [0.1, 0.15) is 37.4 Å². The number of alkyl carbamates (subject to hydrolysis) is 1. The molecule has 1 unspecified atom stereocenters. The molecule has 1 N–H and O–H groups in total. The fourth-order valence-electron chi connectivity index (χ4n) is 1.21. The lowest BCUT2D eigenvalue weighted by Gasteiger charge is -2.21. The van der Waals surface area contributed by atoms with Crippen LogP contribution in [0.15, 0.2) is 5.51 Å². The molecule has 1 amide bonds. The van der Waals surface area contributed by atoms with Crippen molar-refractivity contribution < 1.29 is 14.3 Å². The number of aryl methyl sites for hydroxylation is 1. The highest BCUT2D eigenvalue weighted by Crippen LogP contribution is 2.20. The van der Waals surface area contributed by atoms with E-state index in [0.717, 1.165) is 10.6 Å². The van der Waals surface area contributed by atoms with E-state index >= 15 is 0 Å². The molecule has 0 radical (unpaired) electrons. The fourth-order valence-corrected chi connectivity index (χ4v) is 2.01. The summed E-state index contributed by atoms with van der Waals surface area (Å²) in [6, 6.07) is -0.697. The largest absolute Gasteiger partial charge is 0.444 e. The Morgan fingerprint density at radius 1 is 1.59 bits per heavy atom. The van der Waals surface area contributed by atoms with E-state index in [-0.39, 0.29) is 0 Å². The summed E-state index contributed by atoms with van der Waals surface area (Å²) in [5, 5.41) is 2.51. The second-order valence-electron chi connectivity index (χ2n) is 4.56. The summed E-state index contributed by atoms with van der Waals surface area (Å²) < 4.78 is 5.08. The van der Waals surface area contributed by atoms with Crippen molar-refractivity contribution in [2.45, 2.75) is 39.3 Å². The van der Waals surface area contributed by atoms with Gasteiger partial charge in [0.05, 0.1) is 16.1 Å². The molecule has 17 heavy (non-hydrogen) atoms. The van der Waals surface area contributed by atoms with Crippen molar-refractivity contribution in [2.75, 3.05) is 0 Å². The van der Waals surface area contributed by atoms with Crippen molar-refractivity contribution in [1.29, 1.82) is 0 Å². The van der Waals surface area contributed by atoms with E-state index in [1.54, 1.807) is 33.2 Å². The van der Waals surface area contributed by atoms with Gasteiger partial charge in [-0.25, -0.2) is 9.78 Å². The normalized spacial score (nSPS) is 12.9. The number of aromatic nitrogens is 1. The molecule has 1 aromatic rings. The van der Waals surface area contributed by atoms with Crippen LogP contribution in [-0.4, -0.2) is 23.0 Å². The van der Waals surface area contributed by atoms with Crippen LogP contribution < -0.4 is 5.32 Å². The Hall–Kier alpha value is -1.43. The number of amides is 1.